The van der Waals surface area contributed by atoms with Crippen molar-refractivity contribution in [1.29, 1.82) is 0 Å². The highest BCUT2D eigenvalue weighted by molar-refractivity contribution is 5.77. The van der Waals surface area contributed by atoms with Gasteiger partial charge in [0.15, 0.2) is 0 Å². The minimum absolute atomic E-state index is 0.144. The second-order valence-electron chi connectivity index (χ2n) is 5.04. The number of hydrogen-bond acceptors (Lipinski definition) is 3. The Bertz CT molecular complexity index is 228. The lowest BCUT2D eigenvalue weighted by molar-refractivity contribution is -0.136. The summed E-state index contributed by atoms with van der Waals surface area (Å²) >= 11 is 0. The monoisotopic (exact) mass is 256 g/mol. The Morgan fingerprint density at radius 3 is 2.83 bits per heavy atom. The Kier molecular flexibility index (Phi) is 8.01. The largest absolute Gasteiger partial charge is 0.372 e. The van der Waals surface area contributed by atoms with Crippen LogP contribution in [-0.4, -0.2) is 49.7 Å². The molecular formula is C14H28N2O2. The van der Waals surface area contributed by atoms with Gasteiger partial charge < -0.3 is 15.0 Å². The van der Waals surface area contributed by atoms with Gasteiger partial charge in [-0.1, -0.05) is 20.3 Å². The van der Waals surface area contributed by atoms with Crippen molar-refractivity contribution in [2.45, 2.75) is 52.0 Å². The zero-order valence-corrected chi connectivity index (χ0v) is 11.9. The Hall–Kier alpha value is -0.610. The number of nitrogens with one attached hydrogen (secondary N) is 1. The summed E-state index contributed by atoms with van der Waals surface area (Å²) in [6.07, 6.45) is 5.58. The molecule has 0 aliphatic carbocycles. The second kappa shape index (κ2) is 9.34. The molecule has 18 heavy (non-hydrogen) atoms. The molecule has 1 unspecified atom stereocenters. The summed E-state index contributed by atoms with van der Waals surface area (Å²) in [5.41, 5.74) is 0. The number of rotatable bonds is 9. The van der Waals surface area contributed by atoms with E-state index in [1.54, 1.807) is 0 Å². The highest BCUT2D eigenvalue weighted by Gasteiger charge is 2.20. The van der Waals surface area contributed by atoms with Crippen LogP contribution in [0.25, 0.3) is 0 Å². The molecule has 1 rings (SSSR count). The molecule has 106 valence electrons. The first kappa shape index (κ1) is 15.4. The lowest BCUT2D eigenvalue weighted by Gasteiger charge is -2.25. The molecule has 1 heterocycles. The number of nitrogens with zero attached hydrogens (tertiary/aromatic N) is 1. The summed E-state index contributed by atoms with van der Waals surface area (Å²) in [6.45, 7) is 7.93. The van der Waals surface area contributed by atoms with E-state index in [1.165, 1.54) is 12.8 Å². The molecule has 1 aliphatic rings. The molecule has 0 bridgehead atoms. The summed E-state index contributed by atoms with van der Waals surface area (Å²) in [5, 5.41) is 3.45. The van der Waals surface area contributed by atoms with E-state index in [1.807, 2.05) is 4.90 Å². The van der Waals surface area contributed by atoms with E-state index < -0.39 is 0 Å². The van der Waals surface area contributed by atoms with Gasteiger partial charge in [-0.15, -0.1) is 0 Å². The van der Waals surface area contributed by atoms with Crippen LogP contribution in [0.15, 0.2) is 0 Å². The van der Waals surface area contributed by atoms with Crippen LogP contribution >= 0.6 is 0 Å². The van der Waals surface area contributed by atoms with Crippen molar-refractivity contribution in [3.05, 3.63) is 0 Å². The van der Waals surface area contributed by atoms with E-state index in [-0.39, 0.29) is 12.5 Å². The highest BCUT2D eigenvalue weighted by Crippen LogP contribution is 2.08. The Labute approximate surface area is 111 Å². The fourth-order valence-corrected chi connectivity index (χ4v) is 2.24. The van der Waals surface area contributed by atoms with Crippen molar-refractivity contribution in [3.8, 4) is 0 Å². The molecule has 0 spiro atoms. The number of amides is 1. The van der Waals surface area contributed by atoms with E-state index in [0.29, 0.717) is 12.6 Å². The van der Waals surface area contributed by atoms with Gasteiger partial charge in [0, 0.05) is 25.7 Å². The van der Waals surface area contributed by atoms with Gasteiger partial charge in [-0.25, -0.2) is 0 Å². The standard InChI is InChI=1S/C14H28N2O2/c1-3-5-9-16(11-13-7-6-8-15-13)14(17)12-18-10-4-2/h13,15H,3-12H2,1-2H3. The lowest BCUT2D eigenvalue weighted by atomic mass is 10.2. The zero-order chi connectivity index (χ0) is 13.2. The van der Waals surface area contributed by atoms with Gasteiger partial charge in [0.05, 0.1) is 0 Å². The minimum Gasteiger partial charge on any atom is -0.372 e. The van der Waals surface area contributed by atoms with Crippen molar-refractivity contribution in [2.24, 2.45) is 0 Å². The molecule has 1 atom stereocenters. The van der Waals surface area contributed by atoms with Crippen LogP contribution in [-0.2, 0) is 9.53 Å². The van der Waals surface area contributed by atoms with E-state index >= 15 is 0 Å². The number of unbranched alkanes of at least 4 members (excludes halogenated alkanes) is 1. The summed E-state index contributed by atoms with van der Waals surface area (Å²) < 4.78 is 5.36. The average molecular weight is 256 g/mol. The molecule has 0 aromatic heterocycles. The second-order valence-corrected chi connectivity index (χ2v) is 5.04. The topological polar surface area (TPSA) is 41.6 Å². The fourth-order valence-electron chi connectivity index (χ4n) is 2.24. The van der Waals surface area contributed by atoms with Gasteiger partial charge in [-0.3, -0.25) is 4.79 Å². The Balaban J connectivity index is 2.34. The van der Waals surface area contributed by atoms with Gasteiger partial charge in [0.25, 0.3) is 0 Å². The van der Waals surface area contributed by atoms with E-state index in [2.05, 4.69) is 19.2 Å². The Morgan fingerprint density at radius 2 is 2.22 bits per heavy atom. The zero-order valence-electron chi connectivity index (χ0n) is 11.9. The summed E-state index contributed by atoms with van der Waals surface area (Å²) in [4.78, 5) is 14.1. The molecule has 1 N–H and O–H groups in total. The maximum Gasteiger partial charge on any atom is 0.248 e. The summed E-state index contributed by atoms with van der Waals surface area (Å²) in [7, 11) is 0. The molecule has 0 aromatic carbocycles. The average Bonchev–Trinajstić information content (AvgIpc) is 2.87. The van der Waals surface area contributed by atoms with Crippen molar-refractivity contribution in [2.75, 3.05) is 32.8 Å². The molecule has 4 heteroatoms. The van der Waals surface area contributed by atoms with Crippen LogP contribution in [0.4, 0.5) is 0 Å². The van der Waals surface area contributed by atoms with Gasteiger partial charge in [0.1, 0.15) is 6.61 Å². The molecule has 4 nitrogen and oxygen atoms in total. The van der Waals surface area contributed by atoms with Crippen LogP contribution in [0.3, 0.4) is 0 Å². The first-order valence-electron chi connectivity index (χ1n) is 7.36. The number of carbonyl (C=O) groups excluding carboxylic acids is 1. The van der Waals surface area contributed by atoms with Crippen molar-refractivity contribution >= 4 is 5.91 Å². The molecule has 1 fully saturated rings. The molecule has 0 saturated carbocycles. The van der Waals surface area contributed by atoms with Crippen LogP contribution in [0, 0.1) is 0 Å². The maximum absolute atomic E-state index is 12.1. The van der Waals surface area contributed by atoms with Gasteiger partial charge in [-0.05, 0) is 32.2 Å². The van der Waals surface area contributed by atoms with Crippen LogP contribution in [0.1, 0.15) is 46.0 Å². The highest BCUT2D eigenvalue weighted by atomic mass is 16.5. The Morgan fingerprint density at radius 1 is 1.39 bits per heavy atom. The van der Waals surface area contributed by atoms with E-state index in [4.69, 9.17) is 4.74 Å². The number of hydrogen-bond donors (Lipinski definition) is 1. The molecule has 1 saturated heterocycles. The van der Waals surface area contributed by atoms with Gasteiger partial charge >= 0.3 is 0 Å². The molecule has 1 aliphatic heterocycles. The fraction of sp³-hybridized carbons (Fsp3) is 0.929. The molecule has 1 amide bonds. The van der Waals surface area contributed by atoms with Crippen molar-refractivity contribution in [1.82, 2.24) is 10.2 Å². The quantitative estimate of drug-likeness (QED) is 0.640. The van der Waals surface area contributed by atoms with Crippen LogP contribution in [0.2, 0.25) is 0 Å². The third-order valence-corrected chi connectivity index (χ3v) is 3.31. The first-order valence-corrected chi connectivity index (χ1v) is 7.36. The number of carbonyl (C=O) groups is 1. The van der Waals surface area contributed by atoms with E-state index in [9.17, 15) is 4.79 Å². The van der Waals surface area contributed by atoms with Gasteiger partial charge in [-0.2, -0.15) is 0 Å². The van der Waals surface area contributed by atoms with Gasteiger partial charge in [0.2, 0.25) is 5.91 Å². The van der Waals surface area contributed by atoms with Crippen LogP contribution in [0.5, 0.6) is 0 Å². The SMILES string of the molecule is CCCCN(CC1CCCN1)C(=O)COCCC. The predicted octanol–water partition coefficient (Wildman–Crippen LogP) is 1.79. The van der Waals surface area contributed by atoms with Crippen molar-refractivity contribution < 1.29 is 9.53 Å². The minimum atomic E-state index is 0.144. The maximum atomic E-state index is 12.1. The first-order chi connectivity index (χ1) is 8.77. The molecule has 0 aromatic rings. The van der Waals surface area contributed by atoms with Crippen LogP contribution < -0.4 is 5.32 Å². The lowest BCUT2D eigenvalue weighted by Crippen LogP contribution is -2.43. The predicted molar refractivity (Wildman–Crippen MR) is 73.6 cm³/mol. The normalized spacial score (nSPS) is 19.1. The summed E-state index contributed by atoms with van der Waals surface area (Å²) in [5.74, 6) is 0.144. The van der Waals surface area contributed by atoms with E-state index in [0.717, 1.165) is 38.9 Å². The van der Waals surface area contributed by atoms with Crippen molar-refractivity contribution in [3.63, 3.8) is 0 Å². The smallest absolute Gasteiger partial charge is 0.248 e. The third-order valence-electron chi connectivity index (χ3n) is 3.31. The third kappa shape index (κ3) is 5.83. The molecular weight excluding hydrogens is 228 g/mol. The summed E-state index contributed by atoms with van der Waals surface area (Å²) in [6, 6.07) is 0.483. The molecule has 0 radical (unpaired) electrons. The number of ether oxygens (including phenoxy) is 1.